The molecule has 6 heteroatoms. The van der Waals surface area contributed by atoms with Crippen molar-refractivity contribution in [2.45, 2.75) is 24.2 Å². The minimum atomic E-state index is -3.54. The highest BCUT2D eigenvalue weighted by Crippen LogP contribution is 2.24. The van der Waals surface area contributed by atoms with Crippen molar-refractivity contribution in [1.29, 1.82) is 0 Å². The highest BCUT2D eigenvalue weighted by atomic mass is 35.5. The largest absolute Gasteiger partial charge is 0.240 e. The van der Waals surface area contributed by atoms with Crippen molar-refractivity contribution >= 4 is 33.2 Å². The molecule has 0 aliphatic rings. The second-order valence-electron chi connectivity index (χ2n) is 4.92. The van der Waals surface area contributed by atoms with Crippen molar-refractivity contribution < 1.29 is 8.42 Å². The van der Waals surface area contributed by atoms with E-state index >= 15 is 0 Å². The minimum absolute atomic E-state index is 0.130. The van der Waals surface area contributed by atoms with Crippen molar-refractivity contribution in [2.24, 2.45) is 0 Å². The van der Waals surface area contributed by atoms with Gasteiger partial charge < -0.3 is 0 Å². The van der Waals surface area contributed by atoms with Gasteiger partial charge in [-0.3, -0.25) is 0 Å². The van der Waals surface area contributed by atoms with Crippen molar-refractivity contribution in [3.8, 4) is 0 Å². The van der Waals surface area contributed by atoms with Crippen LogP contribution in [0.15, 0.2) is 53.4 Å². The molecule has 0 unspecified atom stereocenters. The van der Waals surface area contributed by atoms with Gasteiger partial charge in [-0.25, -0.2) is 13.1 Å². The highest BCUT2D eigenvalue weighted by molar-refractivity contribution is 7.89. The molecule has 0 radical (unpaired) electrons. The summed E-state index contributed by atoms with van der Waals surface area (Å²) in [6.07, 6.45) is 2.64. The Morgan fingerprint density at radius 1 is 0.909 bits per heavy atom. The molecular weight excluding hydrogens is 341 g/mol. The van der Waals surface area contributed by atoms with Crippen LogP contribution in [0.5, 0.6) is 0 Å². The van der Waals surface area contributed by atoms with Crippen molar-refractivity contribution in [3.05, 3.63) is 64.1 Å². The van der Waals surface area contributed by atoms with E-state index in [1.807, 2.05) is 18.2 Å². The first-order chi connectivity index (χ1) is 10.5. The summed E-state index contributed by atoms with van der Waals surface area (Å²) >= 11 is 11.6. The first kappa shape index (κ1) is 17.3. The topological polar surface area (TPSA) is 46.2 Å². The molecule has 0 heterocycles. The number of unbranched alkanes of at least 4 members (excludes halogenated alkanes) is 1. The van der Waals surface area contributed by atoms with Crippen LogP contribution in [0.2, 0.25) is 10.0 Å². The molecule has 0 atom stereocenters. The monoisotopic (exact) mass is 357 g/mol. The van der Waals surface area contributed by atoms with E-state index in [-0.39, 0.29) is 9.92 Å². The van der Waals surface area contributed by atoms with Gasteiger partial charge in [0.1, 0.15) is 0 Å². The van der Waals surface area contributed by atoms with E-state index < -0.39 is 10.0 Å². The molecule has 2 rings (SSSR count). The standard InChI is InChI=1S/C16H17Cl2NO2S/c17-15-10-9-14(12-16(15)18)22(20,21)19-11-5-4-8-13-6-2-1-3-7-13/h1-3,6-7,9-10,12,19H,4-5,8,11H2. The Morgan fingerprint density at radius 3 is 2.32 bits per heavy atom. The lowest BCUT2D eigenvalue weighted by molar-refractivity contribution is 0.576. The van der Waals surface area contributed by atoms with E-state index in [0.717, 1.165) is 19.3 Å². The van der Waals surface area contributed by atoms with Crippen LogP contribution in [-0.2, 0) is 16.4 Å². The van der Waals surface area contributed by atoms with Gasteiger partial charge in [0.15, 0.2) is 0 Å². The maximum absolute atomic E-state index is 12.1. The van der Waals surface area contributed by atoms with Crippen LogP contribution in [-0.4, -0.2) is 15.0 Å². The van der Waals surface area contributed by atoms with Gasteiger partial charge in [-0.05, 0) is 43.0 Å². The Balaban J connectivity index is 1.81. The molecule has 0 amide bonds. The van der Waals surface area contributed by atoms with E-state index in [9.17, 15) is 8.42 Å². The second-order valence-corrected chi connectivity index (χ2v) is 7.50. The third-order valence-electron chi connectivity index (χ3n) is 3.23. The predicted octanol–water partition coefficient (Wildman–Crippen LogP) is 4.29. The third-order valence-corrected chi connectivity index (χ3v) is 5.43. The lowest BCUT2D eigenvalue weighted by atomic mass is 10.1. The molecule has 1 N–H and O–H groups in total. The van der Waals surface area contributed by atoms with Crippen LogP contribution in [0.4, 0.5) is 0 Å². The fourth-order valence-electron chi connectivity index (χ4n) is 2.03. The van der Waals surface area contributed by atoms with Gasteiger partial charge in [-0.2, -0.15) is 0 Å². The zero-order valence-corrected chi connectivity index (χ0v) is 14.3. The van der Waals surface area contributed by atoms with E-state index in [1.54, 1.807) is 0 Å². The SMILES string of the molecule is O=S(=O)(NCCCCc1ccccc1)c1ccc(Cl)c(Cl)c1. The zero-order valence-electron chi connectivity index (χ0n) is 11.9. The molecule has 0 aliphatic heterocycles. The third kappa shape index (κ3) is 4.99. The summed E-state index contributed by atoms with van der Waals surface area (Å²) in [6, 6.07) is 14.4. The normalized spacial score (nSPS) is 11.5. The summed E-state index contributed by atoms with van der Waals surface area (Å²) in [5.74, 6) is 0. The van der Waals surface area contributed by atoms with Crippen molar-refractivity contribution in [3.63, 3.8) is 0 Å². The first-order valence-corrected chi connectivity index (χ1v) is 9.21. The Kier molecular flexibility index (Phi) is 6.26. The van der Waals surface area contributed by atoms with E-state index in [0.29, 0.717) is 11.6 Å². The van der Waals surface area contributed by atoms with Gasteiger partial charge in [-0.15, -0.1) is 0 Å². The van der Waals surface area contributed by atoms with Gasteiger partial charge in [-0.1, -0.05) is 53.5 Å². The summed E-state index contributed by atoms with van der Waals surface area (Å²) in [4.78, 5) is 0.130. The molecule has 118 valence electrons. The number of hydrogen-bond acceptors (Lipinski definition) is 2. The average molecular weight is 358 g/mol. The van der Waals surface area contributed by atoms with E-state index in [4.69, 9.17) is 23.2 Å². The number of rotatable bonds is 7. The summed E-state index contributed by atoms with van der Waals surface area (Å²) in [7, 11) is -3.54. The fourth-order valence-corrected chi connectivity index (χ4v) is 3.50. The van der Waals surface area contributed by atoms with E-state index in [2.05, 4.69) is 16.9 Å². The summed E-state index contributed by atoms with van der Waals surface area (Å²) < 4.78 is 26.8. The Bertz CT molecular complexity index is 718. The Hall–Kier alpha value is -1.07. The van der Waals surface area contributed by atoms with Gasteiger partial charge in [0.2, 0.25) is 10.0 Å². The summed E-state index contributed by atoms with van der Waals surface area (Å²) in [5, 5.41) is 0.567. The summed E-state index contributed by atoms with van der Waals surface area (Å²) in [5.41, 5.74) is 1.26. The van der Waals surface area contributed by atoms with Crippen LogP contribution < -0.4 is 4.72 Å². The lowest BCUT2D eigenvalue weighted by Crippen LogP contribution is -2.24. The van der Waals surface area contributed by atoms with Crippen molar-refractivity contribution in [2.75, 3.05) is 6.54 Å². The van der Waals surface area contributed by atoms with Gasteiger partial charge in [0.05, 0.1) is 14.9 Å². The van der Waals surface area contributed by atoms with Crippen LogP contribution >= 0.6 is 23.2 Å². The summed E-state index contributed by atoms with van der Waals surface area (Å²) in [6.45, 7) is 0.398. The molecule has 3 nitrogen and oxygen atoms in total. The molecule has 0 saturated heterocycles. The maximum Gasteiger partial charge on any atom is 0.240 e. The van der Waals surface area contributed by atoms with Gasteiger partial charge in [0.25, 0.3) is 0 Å². The first-order valence-electron chi connectivity index (χ1n) is 6.98. The number of hydrogen-bond donors (Lipinski definition) is 1. The average Bonchev–Trinajstić information content (AvgIpc) is 2.50. The van der Waals surface area contributed by atoms with Crippen LogP contribution in [0.25, 0.3) is 0 Å². The predicted molar refractivity (Wildman–Crippen MR) is 91.0 cm³/mol. The number of benzene rings is 2. The molecule has 2 aromatic carbocycles. The van der Waals surface area contributed by atoms with Crippen LogP contribution in [0, 0.1) is 0 Å². The number of aryl methyl sites for hydroxylation is 1. The minimum Gasteiger partial charge on any atom is -0.211 e. The lowest BCUT2D eigenvalue weighted by Gasteiger charge is -2.07. The second kappa shape index (κ2) is 7.97. The molecule has 0 bridgehead atoms. The Morgan fingerprint density at radius 2 is 1.64 bits per heavy atom. The zero-order chi connectivity index (χ0) is 16.0. The molecule has 2 aromatic rings. The smallest absolute Gasteiger partial charge is 0.211 e. The van der Waals surface area contributed by atoms with Crippen molar-refractivity contribution in [1.82, 2.24) is 4.72 Å². The molecule has 22 heavy (non-hydrogen) atoms. The van der Waals surface area contributed by atoms with Crippen LogP contribution in [0.3, 0.4) is 0 Å². The molecule has 0 fully saturated rings. The highest BCUT2D eigenvalue weighted by Gasteiger charge is 2.14. The van der Waals surface area contributed by atoms with Crippen LogP contribution in [0.1, 0.15) is 18.4 Å². The van der Waals surface area contributed by atoms with Gasteiger partial charge >= 0.3 is 0 Å². The molecular formula is C16H17Cl2NO2S. The van der Waals surface area contributed by atoms with Gasteiger partial charge in [0, 0.05) is 6.54 Å². The number of sulfonamides is 1. The molecule has 0 spiro atoms. The number of nitrogens with one attached hydrogen (secondary N) is 1. The number of halogens is 2. The quantitative estimate of drug-likeness (QED) is 0.751. The molecule has 0 aromatic heterocycles. The van der Waals surface area contributed by atoms with E-state index in [1.165, 1.54) is 23.8 Å². The molecule has 0 saturated carbocycles. The maximum atomic E-state index is 12.1. The molecule has 0 aliphatic carbocycles. The Labute approximate surface area is 141 Å². The fraction of sp³-hybridized carbons (Fsp3) is 0.250.